The Balaban J connectivity index is 1.49. The average Bonchev–Trinajstić information content (AvgIpc) is 3.40. The predicted octanol–water partition coefficient (Wildman–Crippen LogP) is 3.30. The summed E-state index contributed by atoms with van der Waals surface area (Å²) in [4.78, 5) is 30.8. The van der Waals surface area contributed by atoms with Crippen LogP contribution in [-0.2, 0) is 17.5 Å². The Hall–Kier alpha value is -3.44. The standard InChI is InChI=1S/C25H28F3N5O3/c1-15(2)11-32-13-18(23(35)31-36)20(14-32)29-22(34)17-9-7-16(8-10-17)12-33-21-6-4-3-5-19(21)30-24(33)25(26,27)28/h3-10,15,18,20,36H,11-14H2,1-2H3,(H,29,34)(H,31,35)/t18-,20+/m0/s1. The van der Waals surface area contributed by atoms with Crippen molar-refractivity contribution in [2.75, 3.05) is 19.6 Å². The minimum atomic E-state index is -4.61. The molecule has 36 heavy (non-hydrogen) atoms. The van der Waals surface area contributed by atoms with Crippen LogP contribution in [0.5, 0.6) is 0 Å². The van der Waals surface area contributed by atoms with E-state index >= 15 is 0 Å². The van der Waals surface area contributed by atoms with Gasteiger partial charge in [-0.15, -0.1) is 0 Å². The number of nitrogens with zero attached hydrogens (tertiary/aromatic N) is 3. The zero-order valence-electron chi connectivity index (χ0n) is 19.9. The van der Waals surface area contributed by atoms with Gasteiger partial charge in [-0.1, -0.05) is 38.1 Å². The van der Waals surface area contributed by atoms with E-state index in [2.05, 4.69) is 29.0 Å². The van der Waals surface area contributed by atoms with Crippen LogP contribution in [0.3, 0.4) is 0 Å². The van der Waals surface area contributed by atoms with Crippen molar-refractivity contribution in [1.29, 1.82) is 0 Å². The minimum absolute atomic E-state index is 0.0667. The molecule has 1 saturated heterocycles. The fourth-order valence-corrected chi connectivity index (χ4v) is 4.69. The number of carbonyl (C=O) groups is 2. The van der Waals surface area contributed by atoms with E-state index in [1.165, 1.54) is 6.07 Å². The maximum atomic E-state index is 13.6. The van der Waals surface area contributed by atoms with Crippen LogP contribution in [0.2, 0.25) is 0 Å². The molecular weight excluding hydrogens is 475 g/mol. The Kier molecular flexibility index (Phi) is 7.32. The van der Waals surface area contributed by atoms with Gasteiger partial charge >= 0.3 is 6.18 Å². The number of aromatic nitrogens is 2. The zero-order valence-corrected chi connectivity index (χ0v) is 19.9. The largest absolute Gasteiger partial charge is 0.449 e. The maximum absolute atomic E-state index is 13.6. The number of hydrogen-bond donors (Lipinski definition) is 3. The average molecular weight is 504 g/mol. The van der Waals surface area contributed by atoms with Crippen LogP contribution >= 0.6 is 0 Å². The van der Waals surface area contributed by atoms with Gasteiger partial charge in [-0.2, -0.15) is 13.2 Å². The van der Waals surface area contributed by atoms with E-state index in [9.17, 15) is 22.8 Å². The Labute approximate surface area is 206 Å². The topological polar surface area (TPSA) is 99.5 Å². The lowest BCUT2D eigenvalue weighted by atomic mass is 10.0. The number of benzene rings is 2. The predicted molar refractivity (Wildman–Crippen MR) is 126 cm³/mol. The molecule has 0 radical (unpaired) electrons. The van der Waals surface area contributed by atoms with Gasteiger partial charge in [0.05, 0.1) is 23.0 Å². The number of halogens is 3. The zero-order chi connectivity index (χ0) is 26.0. The van der Waals surface area contributed by atoms with Crippen LogP contribution in [0.4, 0.5) is 13.2 Å². The molecule has 2 aromatic carbocycles. The first-order chi connectivity index (χ1) is 17.1. The van der Waals surface area contributed by atoms with E-state index in [1.807, 2.05) is 0 Å². The molecule has 0 aliphatic carbocycles. The van der Waals surface area contributed by atoms with Crippen LogP contribution < -0.4 is 10.8 Å². The number of likely N-dealkylation sites (tertiary alicyclic amines) is 1. The summed E-state index contributed by atoms with van der Waals surface area (Å²) in [6.45, 7) is 5.67. The van der Waals surface area contributed by atoms with Gasteiger partial charge in [0.2, 0.25) is 11.7 Å². The van der Waals surface area contributed by atoms with Gasteiger partial charge in [-0.3, -0.25) is 14.8 Å². The Morgan fingerprint density at radius 3 is 2.44 bits per heavy atom. The van der Waals surface area contributed by atoms with Gasteiger partial charge in [-0.05, 0) is 35.7 Å². The van der Waals surface area contributed by atoms with Crippen molar-refractivity contribution in [3.63, 3.8) is 0 Å². The SMILES string of the molecule is CC(C)CN1C[C@H](C(=O)NO)[C@H](NC(=O)c2ccc(Cn3c(C(F)(F)F)nc4ccccc43)cc2)C1. The molecule has 1 aliphatic heterocycles. The van der Waals surface area contributed by atoms with Gasteiger partial charge in [0.15, 0.2) is 0 Å². The molecule has 2 amide bonds. The van der Waals surface area contributed by atoms with E-state index < -0.39 is 35.8 Å². The molecule has 1 fully saturated rings. The lowest BCUT2D eigenvalue weighted by Gasteiger charge is -2.19. The molecule has 8 nitrogen and oxygen atoms in total. The summed E-state index contributed by atoms with van der Waals surface area (Å²) in [6.07, 6.45) is -4.61. The van der Waals surface area contributed by atoms with Crippen LogP contribution in [0.25, 0.3) is 11.0 Å². The second-order valence-electron chi connectivity index (χ2n) is 9.48. The van der Waals surface area contributed by atoms with Crippen molar-refractivity contribution in [1.82, 2.24) is 25.2 Å². The number of carbonyl (C=O) groups excluding carboxylic acids is 2. The Bertz CT molecular complexity index is 1240. The highest BCUT2D eigenvalue weighted by Crippen LogP contribution is 2.32. The van der Waals surface area contributed by atoms with Crippen molar-refractivity contribution >= 4 is 22.8 Å². The second-order valence-corrected chi connectivity index (χ2v) is 9.48. The molecule has 11 heteroatoms. The normalized spacial score (nSPS) is 18.6. The molecule has 0 bridgehead atoms. The van der Waals surface area contributed by atoms with Crippen LogP contribution in [-0.4, -0.2) is 57.1 Å². The molecule has 0 unspecified atom stereocenters. The quantitative estimate of drug-likeness (QED) is 0.340. The van der Waals surface area contributed by atoms with Gasteiger partial charge in [0.25, 0.3) is 5.91 Å². The summed E-state index contributed by atoms with van der Waals surface area (Å²) >= 11 is 0. The van der Waals surface area contributed by atoms with Crippen molar-refractivity contribution in [2.45, 2.75) is 32.6 Å². The molecular formula is C25H28F3N5O3. The molecule has 0 saturated carbocycles. The molecule has 0 spiro atoms. The second kappa shape index (κ2) is 10.3. The number of rotatable bonds is 7. The van der Waals surface area contributed by atoms with Crippen molar-refractivity contribution in [3.05, 3.63) is 65.5 Å². The smallest absolute Gasteiger partial charge is 0.347 e. The van der Waals surface area contributed by atoms with E-state index in [1.54, 1.807) is 47.9 Å². The number of para-hydroxylation sites is 2. The third-order valence-electron chi connectivity index (χ3n) is 6.25. The van der Waals surface area contributed by atoms with Crippen molar-refractivity contribution < 1.29 is 28.0 Å². The minimum Gasteiger partial charge on any atom is -0.347 e. The molecule has 2 atom stereocenters. The lowest BCUT2D eigenvalue weighted by molar-refractivity contribution is -0.146. The first-order valence-electron chi connectivity index (χ1n) is 11.7. The number of hydroxylamine groups is 1. The lowest BCUT2D eigenvalue weighted by Crippen LogP contribution is -2.45. The summed E-state index contributed by atoms with van der Waals surface area (Å²) in [7, 11) is 0. The van der Waals surface area contributed by atoms with Crippen LogP contribution in [0.1, 0.15) is 35.6 Å². The van der Waals surface area contributed by atoms with Gasteiger partial charge < -0.3 is 14.8 Å². The van der Waals surface area contributed by atoms with E-state index in [0.29, 0.717) is 35.7 Å². The number of nitrogens with one attached hydrogen (secondary N) is 2. The highest BCUT2D eigenvalue weighted by molar-refractivity contribution is 5.95. The first kappa shape index (κ1) is 25.6. The Morgan fingerprint density at radius 2 is 1.81 bits per heavy atom. The maximum Gasteiger partial charge on any atom is 0.449 e. The molecule has 3 aromatic rings. The number of imidazole rings is 1. The summed E-state index contributed by atoms with van der Waals surface area (Å²) in [6, 6.07) is 12.2. The molecule has 2 heterocycles. The van der Waals surface area contributed by atoms with Gasteiger partial charge in [0.1, 0.15) is 0 Å². The van der Waals surface area contributed by atoms with Crippen molar-refractivity contribution in [3.8, 4) is 0 Å². The highest BCUT2D eigenvalue weighted by atomic mass is 19.4. The van der Waals surface area contributed by atoms with E-state index in [4.69, 9.17) is 5.21 Å². The molecule has 192 valence electrons. The summed E-state index contributed by atoms with van der Waals surface area (Å²) in [5.74, 6) is -2.18. The Morgan fingerprint density at radius 1 is 1.11 bits per heavy atom. The molecule has 1 aromatic heterocycles. The molecule has 1 aliphatic rings. The molecule has 3 N–H and O–H groups in total. The summed E-state index contributed by atoms with van der Waals surface area (Å²) < 4.78 is 41.9. The number of alkyl halides is 3. The number of hydrogen-bond acceptors (Lipinski definition) is 5. The van der Waals surface area contributed by atoms with Crippen LogP contribution in [0.15, 0.2) is 48.5 Å². The number of amides is 2. The highest BCUT2D eigenvalue weighted by Gasteiger charge is 2.39. The van der Waals surface area contributed by atoms with Gasteiger partial charge in [0, 0.05) is 31.7 Å². The fraction of sp³-hybridized carbons (Fsp3) is 0.400. The van der Waals surface area contributed by atoms with Crippen molar-refractivity contribution in [2.24, 2.45) is 11.8 Å². The molecule has 4 rings (SSSR count). The first-order valence-corrected chi connectivity index (χ1v) is 11.7. The third-order valence-corrected chi connectivity index (χ3v) is 6.25. The summed E-state index contributed by atoms with van der Waals surface area (Å²) in [5, 5.41) is 12.0. The third kappa shape index (κ3) is 5.52. The van der Waals surface area contributed by atoms with E-state index in [-0.39, 0.29) is 12.1 Å². The summed E-state index contributed by atoms with van der Waals surface area (Å²) in [5.41, 5.74) is 3.18. The monoisotopic (exact) mass is 503 g/mol. The van der Waals surface area contributed by atoms with E-state index in [0.717, 1.165) is 11.1 Å². The van der Waals surface area contributed by atoms with Crippen LogP contribution in [0, 0.1) is 11.8 Å². The number of fused-ring (bicyclic) bond motifs is 1. The van der Waals surface area contributed by atoms with Gasteiger partial charge in [-0.25, -0.2) is 10.5 Å². The fourth-order valence-electron chi connectivity index (χ4n) is 4.69.